The summed E-state index contributed by atoms with van der Waals surface area (Å²) >= 11 is 6.21. The lowest BCUT2D eigenvalue weighted by atomic mass is 10.1. The van der Waals surface area contributed by atoms with Crippen LogP contribution < -0.4 is 10.1 Å². The molecule has 3 rings (SSSR count). The van der Waals surface area contributed by atoms with Gasteiger partial charge in [0, 0.05) is 23.6 Å². The molecule has 1 heterocycles. The van der Waals surface area contributed by atoms with E-state index in [1.807, 2.05) is 19.1 Å². The molecule has 0 amide bonds. The minimum Gasteiger partial charge on any atom is -0.492 e. The van der Waals surface area contributed by atoms with E-state index in [1.54, 1.807) is 0 Å². The summed E-state index contributed by atoms with van der Waals surface area (Å²) in [7, 11) is 0. The number of hydrogen-bond donors (Lipinski definition) is 2. The highest BCUT2D eigenvalue weighted by Crippen LogP contribution is 2.25. The van der Waals surface area contributed by atoms with Crippen LogP contribution in [0.3, 0.4) is 0 Å². The van der Waals surface area contributed by atoms with E-state index in [-0.39, 0.29) is 0 Å². The Kier molecular flexibility index (Phi) is 5.21. The third-order valence-electron chi connectivity index (χ3n) is 3.87. The summed E-state index contributed by atoms with van der Waals surface area (Å²) in [6, 6.07) is 14.3. The molecule has 4 heteroatoms. The van der Waals surface area contributed by atoms with Gasteiger partial charge in [-0.2, -0.15) is 0 Å². The Bertz CT molecular complexity index is 782. The highest BCUT2D eigenvalue weighted by molar-refractivity contribution is 6.32. The molecule has 0 aliphatic rings. The van der Waals surface area contributed by atoms with Gasteiger partial charge in [0.05, 0.1) is 11.6 Å². The number of halogens is 1. The maximum atomic E-state index is 6.21. The van der Waals surface area contributed by atoms with E-state index in [1.165, 1.54) is 16.5 Å². The lowest BCUT2D eigenvalue weighted by molar-refractivity contribution is 0.340. The summed E-state index contributed by atoms with van der Waals surface area (Å²) in [4.78, 5) is 3.31. The molecule has 3 nitrogen and oxygen atoms in total. The van der Waals surface area contributed by atoms with Gasteiger partial charge in [-0.25, -0.2) is 0 Å². The van der Waals surface area contributed by atoms with Crippen LogP contribution in [-0.2, 0) is 13.0 Å². The molecule has 0 radical (unpaired) electrons. The van der Waals surface area contributed by atoms with E-state index in [0.717, 1.165) is 30.8 Å². The molecule has 0 saturated carbocycles. The van der Waals surface area contributed by atoms with Gasteiger partial charge in [0.15, 0.2) is 0 Å². The fraction of sp³-hybridized carbons (Fsp3) is 0.263. The first-order valence-electron chi connectivity index (χ1n) is 7.95. The molecule has 23 heavy (non-hydrogen) atoms. The van der Waals surface area contributed by atoms with Gasteiger partial charge >= 0.3 is 0 Å². The zero-order chi connectivity index (χ0) is 16.1. The van der Waals surface area contributed by atoms with E-state index >= 15 is 0 Å². The number of nitrogens with one attached hydrogen (secondary N) is 2. The topological polar surface area (TPSA) is 37.0 Å². The zero-order valence-corrected chi connectivity index (χ0v) is 14.0. The Morgan fingerprint density at radius 1 is 1.17 bits per heavy atom. The molecule has 0 atom stereocenters. The molecule has 0 spiro atoms. The lowest BCUT2D eigenvalue weighted by Gasteiger charge is -2.09. The minimum absolute atomic E-state index is 0.627. The van der Waals surface area contributed by atoms with Crippen molar-refractivity contribution in [3.8, 4) is 5.75 Å². The molecule has 0 bridgehead atoms. The Morgan fingerprint density at radius 3 is 2.87 bits per heavy atom. The predicted molar refractivity (Wildman–Crippen MR) is 96.3 cm³/mol. The number of hydrogen-bond acceptors (Lipinski definition) is 2. The van der Waals surface area contributed by atoms with Crippen molar-refractivity contribution in [1.29, 1.82) is 0 Å². The maximum Gasteiger partial charge on any atom is 0.137 e. The summed E-state index contributed by atoms with van der Waals surface area (Å²) in [6.07, 6.45) is 3.09. The second-order valence-corrected chi connectivity index (χ2v) is 5.89. The average molecular weight is 329 g/mol. The van der Waals surface area contributed by atoms with E-state index in [0.29, 0.717) is 11.6 Å². The largest absolute Gasteiger partial charge is 0.492 e. The number of fused-ring (bicyclic) bond motifs is 1. The molecule has 0 fully saturated rings. The molecular formula is C19H21ClN2O. The summed E-state index contributed by atoms with van der Waals surface area (Å²) in [5.41, 5.74) is 3.70. The lowest BCUT2D eigenvalue weighted by Crippen LogP contribution is -2.16. The monoisotopic (exact) mass is 328 g/mol. The first-order valence-corrected chi connectivity index (χ1v) is 8.32. The van der Waals surface area contributed by atoms with Crippen LogP contribution in [0.25, 0.3) is 10.9 Å². The Hall–Kier alpha value is -1.97. The van der Waals surface area contributed by atoms with Gasteiger partial charge in [-0.1, -0.05) is 35.9 Å². The van der Waals surface area contributed by atoms with Gasteiger partial charge in [0.1, 0.15) is 5.75 Å². The fourth-order valence-corrected chi connectivity index (χ4v) is 2.98. The van der Waals surface area contributed by atoms with E-state index < -0.39 is 0 Å². The number of benzene rings is 2. The van der Waals surface area contributed by atoms with Crippen molar-refractivity contribution >= 4 is 22.5 Å². The van der Waals surface area contributed by atoms with E-state index in [9.17, 15) is 0 Å². The molecular weight excluding hydrogens is 308 g/mol. The second-order valence-electron chi connectivity index (χ2n) is 5.48. The smallest absolute Gasteiger partial charge is 0.137 e. The van der Waals surface area contributed by atoms with Gasteiger partial charge < -0.3 is 15.0 Å². The van der Waals surface area contributed by atoms with Crippen molar-refractivity contribution in [1.82, 2.24) is 10.3 Å². The first kappa shape index (κ1) is 15.9. The van der Waals surface area contributed by atoms with Crippen molar-refractivity contribution in [2.45, 2.75) is 19.9 Å². The summed E-state index contributed by atoms with van der Waals surface area (Å²) < 4.78 is 5.45. The van der Waals surface area contributed by atoms with Crippen molar-refractivity contribution in [2.75, 3.05) is 13.2 Å². The number of ether oxygens (including phenoxy) is 1. The molecule has 3 aromatic rings. The Morgan fingerprint density at radius 2 is 2.04 bits per heavy atom. The number of rotatable bonds is 7. The average Bonchev–Trinajstić information content (AvgIpc) is 2.97. The van der Waals surface area contributed by atoms with Crippen LogP contribution >= 0.6 is 11.6 Å². The SMILES string of the molecule is CCOc1ccc(CNCCc2c[nH]c3ccccc23)cc1Cl. The van der Waals surface area contributed by atoms with Crippen LogP contribution in [0.1, 0.15) is 18.1 Å². The number of H-pyrrole nitrogens is 1. The highest BCUT2D eigenvalue weighted by Gasteiger charge is 2.04. The summed E-state index contributed by atoms with van der Waals surface area (Å²) in [5.74, 6) is 0.747. The van der Waals surface area contributed by atoms with Crippen molar-refractivity contribution in [2.24, 2.45) is 0 Å². The number of aromatic amines is 1. The van der Waals surface area contributed by atoms with Gasteiger partial charge in [0.25, 0.3) is 0 Å². The van der Waals surface area contributed by atoms with E-state index in [2.05, 4.69) is 46.8 Å². The first-order chi connectivity index (χ1) is 11.3. The van der Waals surface area contributed by atoms with Crippen molar-refractivity contribution in [3.63, 3.8) is 0 Å². The highest BCUT2D eigenvalue weighted by atomic mass is 35.5. The van der Waals surface area contributed by atoms with Gasteiger partial charge in [-0.15, -0.1) is 0 Å². The normalized spacial score (nSPS) is 11.0. The van der Waals surface area contributed by atoms with Gasteiger partial charge in [-0.05, 0) is 49.2 Å². The van der Waals surface area contributed by atoms with Gasteiger partial charge in [0.2, 0.25) is 0 Å². The van der Waals surface area contributed by atoms with Crippen LogP contribution in [0.2, 0.25) is 5.02 Å². The van der Waals surface area contributed by atoms with Crippen LogP contribution in [0, 0.1) is 0 Å². The molecule has 0 unspecified atom stereocenters. The molecule has 120 valence electrons. The van der Waals surface area contributed by atoms with Gasteiger partial charge in [-0.3, -0.25) is 0 Å². The third-order valence-corrected chi connectivity index (χ3v) is 4.17. The summed E-state index contributed by atoms with van der Waals surface area (Å²) in [5, 5.41) is 5.44. The fourth-order valence-electron chi connectivity index (χ4n) is 2.72. The maximum absolute atomic E-state index is 6.21. The minimum atomic E-state index is 0.627. The molecule has 0 aliphatic carbocycles. The Balaban J connectivity index is 1.53. The molecule has 2 N–H and O–H groups in total. The summed E-state index contributed by atoms with van der Waals surface area (Å²) in [6.45, 7) is 4.31. The van der Waals surface area contributed by atoms with Crippen LogP contribution in [-0.4, -0.2) is 18.1 Å². The van der Waals surface area contributed by atoms with Crippen LogP contribution in [0.15, 0.2) is 48.7 Å². The van der Waals surface area contributed by atoms with Crippen LogP contribution in [0.4, 0.5) is 0 Å². The number of aromatic nitrogens is 1. The molecule has 1 aromatic heterocycles. The molecule has 0 aliphatic heterocycles. The standard InChI is InChI=1S/C19H21ClN2O/c1-2-23-19-8-7-14(11-17(19)20)12-21-10-9-15-13-22-18-6-4-3-5-16(15)18/h3-8,11,13,21-22H,2,9-10,12H2,1H3. The predicted octanol–water partition coefficient (Wildman–Crippen LogP) is 4.55. The van der Waals surface area contributed by atoms with E-state index in [4.69, 9.17) is 16.3 Å². The van der Waals surface area contributed by atoms with Crippen LogP contribution in [0.5, 0.6) is 5.75 Å². The zero-order valence-electron chi connectivity index (χ0n) is 13.2. The van der Waals surface area contributed by atoms with Crippen molar-refractivity contribution < 1.29 is 4.74 Å². The third kappa shape index (κ3) is 3.87. The number of para-hydroxylation sites is 1. The second kappa shape index (κ2) is 7.53. The Labute approximate surface area is 141 Å². The quantitative estimate of drug-likeness (QED) is 0.624. The molecule has 2 aromatic carbocycles. The molecule has 0 saturated heterocycles. The van der Waals surface area contributed by atoms with Crippen molar-refractivity contribution in [3.05, 3.63) is 64.8 Å².